The Morgan fingerprint density at radius 1 is 1.55 bits per heavy atom. The van der Waals surface area contributed by atoms with E-state index in [1.54, 1.807) is 24.5 Å². The van der Waals surface area contributed by atoms with Gasteiger partial charge in [0.05, 0.1) is 24.5 Å². The normalized spacial score (nSPS) is 17.9. The molecule has 0 spiro atoms. The van der Waals surface area contributed by atoms with Crippen LogP contribution in [0.4, 0.5) is 0 Å². The van der Waals surface area contributed by atoms with Gasteiger partial charge in [0.25, 0.3) is 0 Å². The number of carbonyl (C=O) groups is 1. The molecule has 116 valence electrons. The smallest absolute Gasteiger partial charge is 0.247 e. The Hall–Kier alpha value is -1.92. The Morgan fingerprint density at radius 3 is 3.14 bits per heavy atom. The molecule has 1 aliphatic heterocycles. The van der Waals surface area contributed by atoms with Gasteiger partial charge in [0, 0.05) is 31.2 Å². The highest BCUT2D eigenvalue weighted by atomic mass is 32.1. The van der Waals surface area contributed by atoms with Crippen LogP contribution in [0.1, 0.15) is 29.4 Å². The molecule has 6 heteroatoms. The number of ether oxygens (including phenoxy) is 1. The van der Waals surface area contributed by atoms with Crippen LogP contribution >= 0.6 is 11.3 Å². The number of hydrogen-bond donors (Lipinski definition) is 0. The molecule has 5 nitrogen and oxygen atoms in total. The number of hydrogen-bond acceptors (Lipinski definition) is 4. The highest BCUT2D eigenvalue weighted by Gasteiger charge is 2.29. The first-order valence-electron chi connectivity index (χ1n) is 7.26. The number of thiophene rings is 1. The number of imidazole rings is 1. The lowest BCUT2D eigenvalue weighted by molar-refractivity contribution is -0.129. The summed E-state index contributed by atoms with van der Waals surface area (Å²) in [6.45, 7) is 4.02. The monoisotopic (exact) mass is 317 g/mol. The van der Waals surface area contributed by atoms with Gasteiger partial charge in [0.15, 0.2) is 0 Å². The Morgan fingerprint density at radius 2 is 2.41 bits per heavy atom. The van der Waals surface area contributed by atoms with E-state index in [4.69, 9.17) is 4.74 Å². The summed E-state index contributed by atoms with van der Waals surface area (Å²) in [5.41, 5.74) is 1.06. The van der Waals surface area contributed by atoms with Crippen molar-refractivity contribution in [2.24, 2.45) is 0 Å². The molecule has 0 N–H and O–H groups in total. The van der Waals surface area contributed by atoms with Crippen LogP contribution in [0.25, 0.3) is 6.08 Å². The van der Waals surface area contributed by atoms with Gasteiger partial charge in [0.2, 0.25) is 5.91 Å². The number of aromatic nitrogens is 2. The van der Waals surface area contributed by atoms with Crippen molar-refractivity contribution in [3.8, 4) is 0 Å². The number of carbonyl (C=O) groups excluding carboxylic acids is 1. The minimum absolute atomic E-state index is 0.0279. The molecule has 3 heterocycles. The fourth-order valence-corrected chi connectivity index (χ4v) is 3.38. The van der Waals surface area contributed by atoms with Crippen LogP contribution in [-0.4, -0.2) is 34.0 Å². The Balaban J connectivity index is 1.75. The Bertz CT molecular complexity index is 676. The third-order valence-electron chi connectivity index (χ3n) is 3.88. The second kappa shape index (κ2) is 6.46. The van der Waals surface area contributed by atoms with Crippen LogP contribution in [-0.2, 0) is 22.7 Å². The molecular formula is C16H19N3O2S. The number of rotatable bonds is 4. The van der Waals surface area contributed by atoms with E-state index in [2.05, 4.69) is 9.55 Å². The molecule has 0 saturated heterocycles. The molecule has 0 fully saturated rings. The molecule has 1 aliphatic rings. The Labute approximate surface area is 133 Å². The van der Waals surface area contributed by atoms with E-state index < -0.39 is 0 Å². The van der Waals surface area contributed by atoms with Gasteiger partial charge in [-0.2, -0.15) is 0 Å². The SMILES string of the molecule is COCc1cnc2n1CCN(C(=O)/C=C/c1cccs1)C2C. The van der Waals surface area contributed by atoms with Crippen molar-refractivity contribution in [3.05, 3.63) is 46.2 Å². The highest BCUT2D eigenvalue weighted by Crippen LogP contribution is 2.26. The summed E-state index contributed by atoms with van der Waals surface area (Å²) in [6, 6.07) is 3.95. The van der Waals surface area contributed by atoms with E-state index in [0.717, 1.165) is 22.9 Å². The maximum Gasteiger partial charge on any atom is 0.247 e. The number of fused-ring (bicyclic) bond motifs is 1. The quantitative estimate of drug-likeness (QED) is 0.815. The third kappa shape index (κ3) is 2.84. The summed E-state index contributed by atoms with van der Waals surface area (Å²) in [7, 11) is 1.68. The predicted octanol–water partition coefficient (Wildman–Crippen LogP) is 2.71. The maximum absolute atomic E-state index is 12.4. The van der Waals surface area contributed by atoms with Crippen molar-refractivity contribution in [1.29, 1.82) is 0 Å². The third-order valence-corrected chi connectivity index (χ3v) is 4.72. The van der Waals surface area contributed by atoms with Crippen LogP contribution < -0.4 is 0 Å². The van der Waals surface area contributed by atoms with Crippen LogP contribution in [0.3, 0.4) is 0 Å². The summed E-state index contributed by atoms with van der Waals surface area (Å²) >= 11 is 1.62. The summed E-state index contributed by atoms with van der Waals surface area (Å²) in [6.07, 6.45) is 5.36. The number of amides is 1. The second-order valence-electron chi connectivity index (χ2n) is 5.25. The fourth-order valence-electron chi connectivity index (χ4n) is 2.76. The predicted molar refractivity (Wildman–Crippen MR) is 86.4 cm³/mol. The second-order valence-corrected chi connectivity index (χ2v) is 6.23. The van der Waals surface area contributed by atoms with Gasteiger partial charge in [-0.1, -0.05) is 6.07 Å². The van der Waals surface area contributed by atoms with Crippen molar-refractivity contribution in [2.45, 2.75) is 26.1 Å². The minimum Gasteiger partial charge on any atom is -0.378 e. The lowest BCUT2D eigenvalue weighted by Gasteiger charge is -2.33. The lowest BCUT2D eigenvalue weighted by atomic mass is 10.2. The van der Waals surface area contributed by atoms with Crippen LogP contribution in [0.15, 0.2) is 29.8 Å². The van der Waals surface area contributed by atoms with E-state index in [1.165, 1.54) is 0 Å². The molecule has 3 rings (SSSR count). The summed E-state index contributed by atoms with van der Waals surface area (Å²) in [4.78, 5) is 19.8. The van der Waals surface area contributed by atoms with Crippen LogP contribution in [0.2, 0.25) is 0 Å². The first-order chi connectivity index (χ1) is 10.7. The standard InChI is InChI=1S/C16H19N3O2S/c1-12-16-17-10-13(11-21-2)19(16)8-7-18(12)15(20)6-5-14-4-3-9-22-14/h3-6,9-10,12H,7-8,11H2,1-2H3/b6-5+. The molecule has 0 aromatic carbocycles. The zero-order valence-corrected chi connectivity index (χ0v) is 13.5. The van der Waals surface area contributed by atoms with Gasteiger partial charge in [-0.15, -0.1) is 11.3 Å². The number of methoxy groups -OCH3 is 1. The van der Waals surface area contributed by atoms with Gasteiger partial charge < -0.3 is 14.2 Å². The molecule has 1 amide bonds. The average molecular weight is 317 g/mol. The molecule has 0 bridgehead atoms. The van der Waals surface area contributed by atoms with E-state index in [-0.39, 0.29) is 11.9 Å². The fraction of sp³-hybridized carbons (Fsp3) is 0.375. The molecule has 0 radical (unpaired) electrons. The average Bonchev–Trinajstić information content (AvgIpc) is 3.16. The first kappa shape index (κ1) is 15.0. The summed E-state index contributed by atoms with van der Waals surface area (Å²) in [5, 5.41) is 2.00. The molecule has 1 atom stereocenters. The zero-order valence-electron chi connectivity index (χ0n) is 12.7. The molecule has 22 heavy (non-hydrogen) atoms. The maximum atomic E-state index is 12.4. The largest absolute Gasteiger partial charge is 0.378 e. The summed E-state index contributed by atoms with van der Waals surface area (Å²) in [5.74, 6) is 0.958. The van der Waals surface area contributed by atoms with Gasteiger partial charge in [0.1, 0.15) is 5.82 Å². The van der Waals surface area contributed by atoms with E-state index in [0.29, 0.717) is 13.2 Å². The molecule has 1 unspecified atom stereocenters. The van der Waals surface area contributed by atoms with E-state index in [9.17, 15) is 4.79 Å². The molecule has 2 aromatic rings. The van der Waals surface area contributed by atoms with Crippen LogP contribution in [0.5, 0.6) is 0 Å². The molecular weight excluding hydrogens is 298 g/mol. The Kier molecular flexibility index (Phi) is 4.40. The van der Waals surface area contributed by atoms with Gasteiger partial charge in [-0.25, -0.2) is 4.98 Å². The number of nitrogens with zero attached hydrogens (tertiary/aromatic N) is 3. The van der Waals surface area contributed by atoms with Gasteiger partial charge >= 0.3 is 0 Å². The lowest BCUT2D eigenvalue weighted by Crippen LogP contribution is -2.40. The zero-order chi connectivity index (χ0) is 15.5. The van der Waals surface area contributed by atoms with Crippen LogP contribution in [0, 0.1) is 0 Å². The van der Waals surface area contributed by atoms with E-state index >= 15 is 0 Å². The molecule has 0 saturated carbocycles. The highest BCUT2D eigenvalue weighted by molar-refractivity contribution is 7.10. The van der Waals surface area contributed by atoms with Crippen molar-refractivity contribution >= 4 is 23.3 Å². The van der Waals surface area contributed by atoms with E-state index in [1.807, 2.05) is 41.6 Å². The molecule has 0 aliphatic carbocycles. The minimum atomic E-state index is -0.0279. The molecule has 2 aromatic heterocycles. The van der Waals surface area contributed by atoms with Crippen molar-refractivity contribution in [2.75, 3.05) is 13.7 Å². The van der Waals surface area contributed by atoms with Gasteiger partial charge in [-0.05, 0) is 24.4 Å². The first-order valence-corrected chi connectivity index (χ1v) is 8.14. The van der Waals surface area contributed by atoms with Crippen molar-refractivity contribution < 1.29 is 9.53 Å². The summed E-state index contributed by atoms with van der Waals surface area (Å²) < 4.78 is 7.34. The van der Waals surface area contributed by atoms with Crippen molar-refractivity contribution in [1.82, 2.24) is 14.5 Å². The topological polar surface area (TPSA) is 47.4 Å². The van der Waals surface area contributed by atoms with Gasteiger partial charge in [-0.3, -0.25) is 4.79 Å². The van der Waals surface area contributed by atoms with Crippen molar-refractivity contribution in [3.63, 3.8) is 0 Å².